The highest BCUT2D eigenvalue weighted by atomic mass is 32.1. The van der Waals surface area contributed by atoms with E-state index >= 15 is 0 Å². The van der Waals surface area contributed by atoms with Crippen molar-refractivity contribution in [2.75, 3.05) is 13.1 Å². The Kier molecular flexibility index (Phi) is 6.33. The van der Waals surface area contributed by atoms with Gasteiger partial charge in [-0.3, -0.25) is 0 Å². The van der Waals surface area contributed by atoms with Crippen LogP contribution in [0.1, 0.15) is 18.9 Å². The van der Waals surface area contributed by atoms with Crippen LogP contribution in [0.5, 0.6) is 0 Å². The highest BCUT2D eigenvalue weighted by Crippen LogP contribution is 2.01. The molecule has 0 aliphatic heterocycles. The summed E-state index contributed by atoms with van der Waals surface area (Å²) in [6.45, 7) is 7.43. The van der Waals surface area contributed by atoms with Crippen LogP contribution in [-0.4, -0.2) is 18.2 Å². The van der Waals surface area contributed by atoms with E-state index in [0.29, 0.717) is 5.11 Å². The summed E-state index contributed by atoms with van der Waals surface area (Å²) in [6, 6.07) is 10.5. The van der Waals surface area contributed by atoms with Crippen molar-refractivity contribution in [3.8, 4) is 0 Å². The largest absolute Gasteiger partial charge is 0.363 e. The number of nitrogens with one attached hydrogen (secondary N) is 2. The minimum atomic E-state index is 0.709. The SMILES string of the molecule is C=C(C)CNC(=S)NCCCc1ccccc1. The number of rotatable bonds is 6. The highest BCUT2D eigenvalue weighted by molar-refractivity contribution is 7.80. The topological polar surface area (TPSA) is 24.1 Å². The Balaban J connectivity index is 2.08. The lowest BCUT2D eigenvalue weighted by Crippen LogP contribution is -2.36. The molecule has 0 heterocycles. The average Bonchev–Trinajstić information content (AvgIpc) is 2.33. The van der Waals surface area contributed by atoms with Crippen molar-refractivity contribution in [1.82, 2.24) is 10.6 Å². The van der Waals surface area contributed by atoms with Crippen molar-refractivity contribution in [2.24, 2.45) is 0 Å². The van der Waals surface area contributed by atoms with Crippen LogP contribution in [0.25, 0.3) is 0 Å². The van der Waals surface area contributed by atoms with E-state index in [1.807, 2.05) is 13.0 Å². The van der Waals surface area contributed by atoms with Crippen LogP contribution in [0.3, 0.4) is 0 Å². The predicted octanol–water partition coefficient (Wildman–Crippen LogP) is 2.66. The van der Waals surface area contributed by atoms with E-state index in [-0.39, 0.29) is 0 Å². The molecule has 0 amide bonds. The van der Waals surface area contributed by atoms with Gasteiger partial charge in [0.05, 0.1) is 0 Å². The maximum Gasteiger partial charge on any atom is 0.166 e. The maximum atomic E-state index is 5.14. The third-order valence-electron chi connectivity index (χ3n) is 2.32. The van der Waals surface area contributed by atoms with Gasteiger partial charge in [-0.2, -0.15) is 0 Å². The molecule has 0 spiro atoms. The van der Waals surface area contributed by atoms with Crippen molar-refractivity contribution in [3.63, 3.8) is 0 Å². The Bertz CT molecular complexity index is 360. The molecule has 0 radical (unpaired) electrons. The van der Waals surface area contributed by atoms with Gasteiger partial charge in [-0.25, -0.2) is 0 Å². The van der Waals surface area contributed by atoms with Crippen LogP contribution in [0.4, 0.5) is 0 Å². The monoisotopic (exact) mass is 248 g/mol. The molecule has 17 heavy (non-hydrogen) atoms. The van der Waals surface area contributed by atoms with Gasteiger partial charge in [0.25, 0.3) is 0 Å². The standard InChI is InChI=1S/C14H20N2S/c1-12(2)11-16-14(17)15-10-6-9-13-7-4-3-5-8-13/h3-5,7-8H,1,6,9-11H2,2H3,(H2,15,16,17). The lowest BCUT2D eigenvalue weighted by atomic mass is 10.1. The molecule has 0 bridgehead atoms. The van der Waals surface area contributed by atoms with Crippen molar-refractivity contribution in [1.29, 1.82) is 0 Å². The Hall–Kier alpha value is -1.35. The normalized spacial score (nSPS) is 9.71. The first-order valence-electron chi connectivity index (χ1n) is 5.88. The van der Waals surface area contributed by atoms with Gasteiger partial charge < -0.3 is 10.6 Å². The molecule has 0 aliphatic rings. The fourth-order valence-electron chi connectivity index (χ4n) is 1.43. The molecule has 2 nitrogen and oxygen atoms in total. The van der Waals surface area contributed by atoms with Crippen molar-refractivity contribution < 1.29 is 0 Å². The lowest BCUT2D eigenvalue weighted by molar-refractivity contribution is 0.761. The molecule has 2 N–H and O–H groups in total. The van der Waals surface area contributed by atoms with Gasteiger partial charge in [-0.05, 0) is 37.5 Å². The summed E-state index contributed by atoms with van der Waals surface area (Å²) in [5.74, 6) is 0. The van der Waals surface area contributed by atoms with Crippen LogP contribution < -0.4 is 10.6 Å². The zero-order valence-corrected chi connectivity index (χ0v) is 11.1. The molecule has 0 saturated carbocycles. The van der Waals surface area contributed by atoms with Gasteiger partial charge in [-0.15, -0.1) is 0 Å². The number of aryl methyl sites for hydroxylation is 1. The summed E-state index contributed by atoms with van der Waals surface area (Å²) in [4.78, 5) is 0. The summed E-state index contributed by atoms with van der Waals surface area (Å²) in [6.07, 6.45) is 2.16. The molecule has 1 rings (SSSR count). The smallest absolute Gasteiger partial charge is 0.166 e. The molecule has 1 aromatic rings. The maximum absolute atomic E-state index is 5.14. The van der Waals surface area contributed by atoms with Crippen LogP contribution in [-0.2, 0) is 6.42 Å². The first-order chi connectivity index (χ1) is 8.18. The summed E-state index contributed by atoms with van der Waals surface area (Å²) in [5, 5.41) is 7.00. The van der Waals surface area contributed by atoms with E-state index in [2.05, 4.69) is 41.5 Å². The Morgan fingerprint density at radius 1 is 1.24 bits per heavy atom. The van der Waals surface area contributed by atoms with Gasteiger partial charge in [0.1, 0.15) is 0 Å². The Labute approximate surface area is 109 Å². The Morgan fingerprint density at radius 2 is 1.94 bits per heavy atom. The van der Waals surface area contributed by atoms with Crippen molar-refractivity contribution in [2.45, 2.75) is 19.8 Å². The molecular formula is C14H20N2S. The fraction of sp³-hybridized carbons (Fsp3) is 0.357. The highest BCUT2D eigenvalue weighted by Gasteiger charge is 1.95. The van der Waals surface area contributed by atoms with Gasteiger partial charge in [-0.1, -0.05) is 42.5 Å². The molecule has 3 heteroatoms. The van der Waals surface area contributed by atoms with E-state index in [9.17, 15) is 0 Å². The second-order valence-corrected chi connectivity index (χ2v) is 4.56. The third-order valence-corrected chi connectivity index (χ3v) is 2.61. The lowest BCUT2D eigenvalue weighted by Gasteiger charge is -2.10. The number of hydrogen-bond donors (Lipinski definition) is 2. The van der Waals surface area contributed by atoms with Gasteiger partial charge in [0.2, 0.25) is 0 Å². The van der Waals surface area contributed by atoms with E-state index in [1.54, 1.807) is 0 Å². The van der Waals surface area contributed by atoms with Gasteiger partial charge in [0, 0.05) is 13.1 Å². The molecule has 0 aliphatic carbocycles. The number of hydrogen-bond acceptors (Lipinski definition) is 1. The first-order valence-corrected chi connectivity index (χ1v) is 6.29. The van der Waals surface area contributed by atoms with Crippen molar-refractivity contribution in [3.05, 3.63) is 48.0 Å². The van der Waals surface area contributed by atoms with Gasteiger partial charge in [0.15, 0.2) is 5.11 Å². The van der Waals surface area contributed by atoms with E-state index < -0.39 is 0 Å². The second kappa shape index (κ2) is 7.85. The van der Waals surface area contributed by atoms with Crippen LogP contribution in [0.15, 0.2) is 42.5 Å². The fourth-order valence-corrected chi connectivity index (χ4v) is 1.61. The van der Waals surface area contributed by atoms with E-state index in [0.717, 1.165) is 31.5 Å². The summed E-state index contributed by atoms with van der Waals surface area (Å²) < 4.78 is 0. The predicted molar refractivity (Wildman–Crippen MR) is 78.2 cm³/mol. The molecule has 0 fully saturated rings. The van der Waals surface area contributed by atoms with Crippen molar-refractivity contribution >= 4 is 17.3 Å². The molecule has 0 saturated heterocycles. The average molecular weight is 248 g/mol. The third kappa shape index (κ3) is 6.74. The number of benzene rings is 1. The minimum absolute atomic E-state index is 0.709. The molecule has 0 unspecified atom stereocenters. The number of thiocarbonyl (C=S) groups is 1. The quantitative estimate of drug-likeness (QED) is 0.460. The summed E-state index contributed by atoms with van der Waals surface area (Å²) in [5.41, 5.74) is 2.45. The van der Waals surface area contributed by atoms with Crippen LogP contribution >= 0.6 is 12.2 Å². The molecular weight excluding hydrogens is 228 g/mol. The zero-order valence-electron chi connectivity index (χ0n) is 10.3. The van der Waals surface area contributed by atoms with Crippen LogP contribution in [0, 0.1) is 0 Å². The molecule has 0 atom stereocenters. The zero-order chi connectivity index (χ0) is 12.5. The minimum Gasteiger partial charge on any atom is -0.363 e. The second-order valence-electron chi connectivity index (χ2n) is 4.16. The molecule has 1 aromatic carbocycles. The summed E-state index contributed by atoms with van der Waals surface area (Å²) >= 11 is 5.14. The van der Waals surface area contributed by atoms with Gasteiger partial charge >= 0.3 is 0 Å². The summed E-state index contributed by atoms with van der Waals surface area (Å²) in [7, 11) is 0. The van der Waals surface area contributed by atoms with E-state index in [4.69, 9.17) is 12.2 Å². The van der Waals surface area contributed by atoms with Crippen LogP contribution in [0.2, 0.25) is 0 Å². The van der Waals surface area contributed by atoms with E-state index in [1.165, 1.54) is 5.56 Å². The molecule has 92 valence electrons. The first kappa shape index (κ1) is 13.7. The Morgan fingerprint density at radius 3 is 2.59 bits per heavy atom. The molecule has 0 aromatic heterocycles.